The van der Waals surface area contributed by atoms with Gasteiger partial charge in [-0.3, -0.25) is 0 Å². The first kappa shape index (κ1) is 20.6. The van der Waals surface area contributed by atoms with Gasteiger partial charge in [-0.2, -0.15) is 0 Å². The minimum absolute atomic E-state index is 0. The molecule has 4 heteroatoms. The molecule has 0 aliphatic carbocycles. The molecule has 0 amide bonds. The Morgan fingerprint density at radius 3 is 1.48 bits per heavy atom. The molecule has 25 heavy (non-hydrogen) atoms. The molecule has 0 aliphatic heterocycles. The molecule has 3 aromatic heterocycles. The van der Waals surface area contributed by atoms with E-state index < -0.39 is 0 Å². The predicted octanol–water partition coefficient (Wildman–Crippen LogP) is 6.11. The lowest BCUT2D eigenvalue weighted by molar-refractivity contribution is -0.114. The maximum Gasteiger partial charge on any atom is 1.00 e. The maximum absolute atomic E-state index is 9.44. The SMILES string of the molecule is CC(C)=O.Cc1ccc(C(C)(C)c2ccc(C)o2)o1.Cc1ccco1.[H+]. The Bertz CT molecular complexity index is 717. The number of ketones is 1. The molecular weight excluding hydrogens is 316 g/mol. The summed E-state index contributed by atoms with van der Waals surface area (Å²) >= 11 is 0. The molecule has 0 radical (unpaired) electrons. The number of carbonyl (C=O) groups excluding carboxylic acids is 1. The minimum atomic E-state index is -0.206. The van der Waals surface area contributed by atoms with Crippen LogP contribution in [-0.2, 0) is 10.2 Å². The molecule has 0 aromatic carbocycles. The fourth-order valence-electron chi connectivity index (χ4n) is 2.02. The molecule has 0 unspecified atom stereocenters. The van der Waals surface area contributed by atoms with Crippen LogP contribution in [0.4, 0.5) is 0 Å². The van der Waals surface area contributed by atoms with E-state index in [0.29, 0.717) is 0 Å². The molecule has 0 N–H and O–H groups in total. The van der Waals surface area contributed by atoms with Gasteiger partial charge in [-0.1, -0.05) is 0 Å². The van der Waals surface area contributed by atoms with Crippen LogP contribution in [0.2, 0.25) is 0 Å². The lowest BCUT2D eigenvalue weighted by Gasteiger charge is -2.19. The lowest BCUT2D eigenvalue weighted by Crippen LogP contribution is -2.16. The van der Waals surface area contributed by atoms with Crippen molar-refractivity contribution in [3.8, 4) is 0 Å². The monoisotopic (exact) mass is 345 g/mol. The number of furan rings is 3. The van der Waals surface area contributed by atoms with Crippen LogP contribution < -0.4 is 0 Å². The molecule has 4 nitrogen and oxygen atoms in total. The van der Waals surface area contributed by atoms with Gasteiger partial charge in [0, 0.05) is 0 Å². The molecule has 0 spiro atoms. The Morgan fingerprint density at radius 2 is 1.28 bits per heavy atom. The van der Waals surface area contributed by atoms with Gasteiger partial charge in [0.05, 0.1) is 11.7 Å². The largest absolute Gasteiger partial charge is 1.00 e. The lowest BCUT2D eigenvalue weighted by atomic mass is 9.87. The van der Waals surface area contributed by atoms with Crippen molar-refractivity contribution in [2.24, 2.45) is 0 Å². The van der Waals surface area contributed by atoms with Crippen LogP contribution in [-0.4, -0.2) is 5.78 Å². The summed E-state index contributed by atoms with van der Waals surface area (Å²) in [4.78, 5) is 9.44. The van der Waals surface area contributed by atoms with Crippen molar-refractivity contribution in [2.75, 3.05) is 0 Å². The van der Waals surface area contributed by atoms with Gasteiger partial charge in [-0.25, -0.2) is 0 Å². The molecule has 0 aliphatic rings. The second-order valence-corrected chi connectivity index (χ2v) is 6.58. The van der Waals surface area contributed by atoms with Gasteiger partial charge in [-0.05, 0) is 84.9 Å². The van der Waals surface area contributed by atoms with Crippen molar-refractivity contribution >= 4 is 5.78 Å². The highest BCUT2D eigenvalue weighted by molar-refractivity contribution is 5.72. The number of rotatable bonds is 2. The molecule has 3 rings (SSSR count). The van der Waals surface area contributed by atoms with Crippen LogP contribution in [0.1, 0.15) is 57.9 Å². The smallest absolute Gasteiger partial charge is 0.470 e. The van der Waals surface area contributed by atoms with Crippen molar-refractivity contribution in [3.63, 3.8) is 0 Å². The zero-order valence-corrected chi connectivity index (χ0v) is 16.2. The van der Waals surface area contributed by atoms with Crippen LogP contribution in [0.25, 0.3) is 0 Å². The molecule has 3 aromatic rings. The Balaban J connectivity index is 0.000000473. The molecule has 0 fully saturated rings. The van der Waals surface area contributed by atoms with E-state index in [-0.39, 0.29) is 12.6 Å². The van der Waals surface area contributed by atoms with Gasteiger partial charge < -0.3 is 18.0 Å². The number of hydrogen-bond acceptors (Lipinski definition) is 4. The van der Waals surface area contributed by atoms with Crippen LogP contribution in [0.5, 0.6) is 0 Å². The Labute approximate surface area is 151 Å². The van der Waals surface area contributed by atoms with Crippen molar-refractivity contribution < 1.29 is 19.5 Å². The predicted molar refractivity (Wildman–Crippen MR) is 99.9 cm³/mol. The standard InChI is InChI=1S/C13H16O2.C5H6O.C3H6O/c1-9-5-7-11(14-9)13(3,4)12-8-6-10(2)15-12;1-5-3-2-4-6-5;1-3(2)4/h5-8H,1-4H3;2-4H,1H3;1-2H3/p+1. The Morgan fingerprint density at radius 1 is 0.840 bits per heavy atom. The molecule has 0 bridgehead atoms. The first-order valence-corrected chi connectivity index (χ1v) is 8.24. The summed E-state index contributed by atoms with van der Waals surface area (Å²) in [7, 11) is 0. The van der Waals surface area contributed by atoms with E-state index in [9.17, 15) is 4.79 Å². The van der Waals surface area contributed by atoms with Gasteiger partial charge in [0.25, 0.3) is 0 Å². The molecule has 136 valence electrons. The third-order valence-electron chi connectivity index (χ3n) is 3.38. The normalized spacial score (nSPS) is 10.4. The van der Waals surface area contributed by atoms with E-state index >= 15 is 0 Å². The third-order valence-corrected chi connectivity index (χ3v) is 3.38. The summed E-state index contributed by atoms with van der Waals surface area (Å²) in [6.45, 7) is 13.1. The third kappa shape index (κ3) is 6.87. The van der Waals surface area contributed by atoms with Gasteiger partial charge in [0.15, 0.2) is 0 Å². The summed E-state index contributed by atoms with van der Waals surface area (Å²) in [6.07, 6.45) is 1.66. The van der Waals surface area contributed by atoms with Crippen molar-refractivity contribution in [3.05, 3.63) is 71.5 Å². The second-order valence-electron chi connectivity index (χ2n) is 6.58. The highest BCUT2D eigenvalue weighted by atomic mass is 16.4. The molecule has 0 saturated carbocycles. The number of aryl methyl sites for hydroxylation is 3. The average molecular weight is 345 g/mol. The maximum atomic E-state index is 9.44. The summed E-state index contributed by atoms with van der Waals surface area (Å²) in [5.41, 5.74) is -0.206. The summed E-state index contributed by atoms with van der Waals surface area (Å²) in [5, 5.41) is 0. The highest BCUT2D eigenvalue weighted by Crippen LogP contribution is 2.33. The summed E-state index contributed by atoms with van der Waals surface area (Å²) in [5.74, 6) is 4.88. The first-order chi connectivity index (χ1) is 11.6. The fourth-order valence-corrected chi connectivity index (χ4v) is 2.02. The van der Waals surface area contributed by atoms with Crippen molar-refractivity contribution in [1.82, 2.24) is 0 Å². The van der Waals surface area contributed by atoms with E-state index in [1.807, 2.05) is 57.2 Å². The first-order valence-electron chi connectivity index (χ1n) is 8.24. The van der Waals surface area contributed by atoms with E-state index in [1.54, 1.807) is 6.26 Å². The topological polar surface area (TPSA) is 56.5 Å². The van der Waals surface area contributed by atoms with Crippen molar-refractivity contribution in [2.45, 2.75) is 53.9 Å². The number of carbonyl (C=O) groups is 1. The number of hydrogen-bond donors (Lipinski definition) is 0. The zero-order chi connectivity index (χ0) is 19.0. The van der Waals surface area contributed by atoms with E-state index in [1.165, 1.54) is 13.8 Å². The van der Waals surface area contributed by atoms with Gasteiger partial charge in [0.2, 0.25) is 0 Å². The Hall–Kier alpha value is -2.49. The van der Waals surface area contributed by atoms with Gasteiger partial charge in [-0.15, -0.1) is 0 Å². The van der Waals surface area contributed by atoms with Crippen LogP contribution in [0, 0.1) is 20.8 Å². The number of Topliss-reactive ketones (excluding diaryl/α,β-unsaturated/α-hetero) is 1. The summed E-state index contributed by atoms with van der Waals surface area (Å²) in [6, 6.07) is 11.8. The molecule has 0 atom stereocenters. The van der Waals surface area contributed by atoms with Crippen LogP contribution in [0.3, 0.4) is 0 Å². The quantitative estimate of drug-likeness (QED) is 0.562. The van der Waals surface area contributed by atoms with E-state index in [2.05, 4.69) is 13.8 Å². The molecule has 3 heterocycles. The van der Waals surface area contributed by atoms with E-state index in [0.717, 1.165) is 28.8 Å². The average Bonchev–Trinajstić information content (AvgIpc) is 3.22. The zero-order valence-electron chi connectivity index (χ0n) is 17.2. The van der Waals surface area contributed by atoms with Gasteiger partial charge in [0.1, 0.15) is 34.6 Å². The molecule has 0 saturated heterocycles. The fraction of sp³-hybridized carbons (Fsp3) is 0.381. The minimum Gasteiger partial charge on any atom is -0.470 e. The van der Waals surface area contributed by atoms with Crippen LogP contribution >= 0.6 is 0 Å². The van der Waals surface area contributed by atoms with Gasteiger partial charge >= 0.3 is 1.43 Å². The highest BCUT2D eigenvalue weighted by Gasteiger charge is 2.29. The van der Waals surface area contributed by atoms with E-state index in [4.69, 9.17) is 13.3 Å². The molecular formula is C21H29O4+. The Kier molecular flexibility index (Phi) is 7.49. The second kappa shape index (κ2) is 9.11. The van der Waals surface area contributed by atoms with Crippen LogP contribution in [0.15, 0.2) is 55.9 Å². The van der Waals surface area contributed by atoms with Crippen molar-refractivity contribution in [1.29, 1.82) is 0 Å². The summed E-state index contributed by atoms with van der Waals surface area (Å²) < 4.78 is 16.1.